The van der Waals surface area contributed by atoms with Crippen LogP contribution in [0.15, 0.2) is 42.8 Å². The van der Waals surface area contributed by atoms with E-state index < -0.39 is 0 Å². The normalized spacial score (nSPS) is 13.8. The Hall–Kier alpha value is -2.10. The Morgan fingerprint density at radius 1 is 1.33 bits per heavy atom. The van der Waals surface area contributed by atoms with Crippen molar-refractivity contribution >= 4 is 5.69 Å². The highest BCUT2D eigenvalue weighted by atomic mass is 16.7. The molecule has 0 radical (unpaired) electrons. The maximum Gasteiger partial charge on any atom is 0.183 e. The maximum absolute atomic E-state index is 5.82. The number of nitrogens with two attached hydrogens (primary N) is 1. The van der Waals surface area contributed by atoms with Gasteiger partial charge in [0, 0.05) is 6.20 Å². The van der Waals surface area contributed by atoms with E-state index in [0.29, 0.717) is 11.4 Å². The van der Waals surface area contributed by atoms with E-state index in [-0.39, 0.29) is 0 Å². The van der Waals surface area contributed by atoms with Crippen molar-refractivity contribution in [1.29, 1.82) is 0 Å². The SMILES string of the molecule is Cc1cccc(N)c1ON1C=CC=CN1. The van der Waals surface area contributed by atoms with Crippen LogP contribution in [0.2, 0.25) is 0 Å². The zero-order valence-electron chi connectivity index (χ0n) is 8.47. The van der Waals surface area contributed by atoms with Crippen LogP contribution >= 0.6 is 0 Å². The first-order valence-electron chi connectivity index (χ1n) is 4.69. The smallest absolute Gasteiger partial charge is 0.183 e. The third kappa shape index (κ3) is 2.04. The zero-order valence-corrected chi connectivity index (χ0v) is 8.47. The van der Waals surface area contributed by atoms with E-state index in [1.807, 2.05) is 37.3 Å². The molecule has 78 valence electrons. The average Bonchev–Trinajstić information content (AvgIpc) is 2.25. The molecule has 0 unspecified atom stereocenters. The van der Waals surface area contributed by atoms with Gasteiger partial charge in [-0.3, -0.25) is 5.43 Å². The molecule has 0 spiro atoms. The number of allylic oxidation sites excluding steroid dienone is 2. The van der Waals surface area contributed by atoms with Gasteiger partial charge in [-0.1, -0.05) is 12.1 Å². The number of aryl methyl sites for hydroxylation is 1. The second-order valence-corrected chi connectivity index (χ2v) is 3.24. The number of hydrazine groups is 1. The van der Waals surface area contributed by atoms with Crippen molar-refractivity contribution in [2.45, 2.75) is 6.92 Å². The van der Waals surface area contributed by atoms with Crippen LogP contribution in [0.3, 0.4) is 0 Å². The molecule has 1 aliphatic rings. The molecule has 1 aliphatic heterocycles. The molecule has 15 heavy (non-hydrogen) atoms. The fraction of sp³-hybridized carbons (Fsp3) is 0.0909. The first-order valence-corrected chi connectivity index (χ1v) is 4.69. The third-order valence-electron chi connectivity index (χ3n) is 2.06. The monoisotopic (exact) mass is 203 g/mol. The summed E-state index contributed by atoms with van der Waals surface area (Å²) in [5.41, 5.74) is 10.4. The molecule has 0 aliphatic carbocycles. The lowest BCUT2D eigenvalue weighted by Crippen LogP contribution is -2.34. The Kier molecular flexibility index (Phi) is 2.49. The topological polar surface area (TPSA) is 50.5 Å². The quantitative estimate of drug-likeness (QED) is 0.718. The summed E-state index contributed by atoms with van der Waals surface area (Å²) in [5, 5.41) is 1.50. The van der Waals surface area contributed by atoms with E-state index in [1.54, 1.807) is 12.4 Å². The molecule has 0 aromatic heterocycles. The highest BCUT2D eigenvalue weighted by molar-refractivity contribution is 5.56. The Labute approximate surface area is 88.6 Å². The van der Waals surface area contributed by atoms with Crippen LogP contribution in [0.1, 0.15) is 5.56 Å². The summed E-state index contributed by atoms with van der Waals surface area (Å²) >= 11 is 0. The first-order chi connectivity index (χ1) is 7.27. The van der Waals surface area contributed by atoms with Gasteiger partial charge in [-0.15, -0.1) is 5.17 Å². The van der Waals surface area contributed by atoms with Crippen LogP contribution in [-0.2, 0) is 0 Å². The zero-order chi connectivity index (χ0) is 10.7. The Morgan fingerprint density at radius 3 is 2.87 bits per heavy atom. The largest absolute Gasteiger partial charge is 0.396 e. The number of nitrogens with one attached hydrogen (secondary N) is 1. The van der Waals surface area contributed by atoms with Gasteiger partial charge in [0.1, 0.15) is 0 Å². The van der Waals surface area contributed by atoms with Gasteiger partial charge in [-0.05, 0) is 30.7 Å². The van der Waals surface area contributed by atoms with E-state index in [2.05, 4.69) is 5.43 Å². The van der Waals surface area contributed by atoms with Crippen molar-refractivity contribution in [3.05, 3.63) is 48.3 Å². The Bertz CT molecular complexity index is 392. The lowest BCUT2D eigenvalue weighted by Gasteiger charge is -2.23. The average molecular weight is 203 g/mol. The van der Waals surface area contributed by atoms with Gasteiger partial charge >= 0.3 is 0 Å². The van der Waals surface area contributed by atoms with Crippen molar-refractivity contribution in [3.8, 4) is 5.75 Å². The molecule has 0 saturated carbocycles. The highest BCUT2D eigenvalue weighted by Crippen LogP contribution is 2.26. The van der Waals surface area contributed by atoms with Crippen molar-refractivity contribution in [1.82, 2.24) is 10.6 Å². The molecule has 4 heteroatoms. The van der Waals surface area contributed by atoms with Crippen molar-refractivity contribution < 1.29 is 4.84 Å². The fourth-order valence-electron chi connectivity index (χ4n) is 1.30. The van der Waals surface area contributed by atoms with Crippen LogP contribution in [0.5, 0.6) is 5.75 Å². The number of hydrogen-bond donors (Lipinski definition) is 2. The van der Waals surface area contributed by atoms with Crippen LogP contribution in [0.4, 0.5) is 5.69 Å². The maximum atomic E-state index is 5.82. The first kappa shape index (κ1) is 9.45. The minimum absolute atomic E-state index is 0.625. The number of nitrogens with zero attached hydrogens (tertiary/aromatic N) is 1. The minimum atomic E-state index is 0.625. The lowest BCUT2D eigenvalue weighted by atomic mass is 10.2. The van der Waals surface area contributed by atoms with Crippen LogP contribution in [0, 0.1) is 6.92 Å². The summed E-state index contributed by atoms with van der Waals surface area (Å²) in [6.07, 6.45) is 7.28. The molecule has 1 heterocycles. The van der Waals surface area contributed by atoms with Gasteiger partial charge in [0.25, 0.3) is 0 Å². The molecule has 1 aromatic carbocycles. The molecule has 1 aromatic rings. The second kappa shape index (κ2) is 3.96. The summed E-state index contributed by atoms with van der Waals surface area (Å²) < 4.78 is 0. The number of anilines is 1. The molecule has 3 N–H and O–H groups in total. The van der Waals surface area contributed by atoms with Crippen molar-refractivity contribution in [3.63, 3.8) is 0 Å². The third-order valence-corrected chi connectivity index (χ3v) is 2.06. The number of para-hydroxylation sites is 1. The molecular formula is C11H13N3O. The number of nitrogen functional groups attached to an aromatic ring is 1. The van der Waals surface area contributed by atoms with Crippen LogP contribution < -0.4 is 16.0 Å². The van der Waals surface area contributed by atoms with Gasteiger partial charge in [0.05, 0.1) is 11.9 Å². The molecule has 0 atom stereocenters. The second-order valence-electron chi connectivity index (χ2n) is 3.24. The van der Waals surface area contributed by atoms with Gasteiger partial charge in [-0.2, -0.15) is 0 Å². The number of benzene rings is 1. The predicted octanol–water partition coefficient (Wildman–Crippen LogP) is 1.72. The van der Waals surface area contributed by atoms with Gasteiger partial charge < -0.3 is 10.6 Å². The van der Waals surface area contributed by atoms with Crippen LogP contribution in [-0.4, -0.2) is 5.17 Å². The predicted molar refractivity (Wildman–Crippen MR) is 59.5 cm³/mol. The fourth-order valence-corrected chi connectivity index (χ4v) is 1.30. The highest BCUT2D eigenvalue weighted by Gasteiger charge is 2.08. The molecule has 4 nitrogen and oxygen atoms in total. The van der Waals surface area contributed by atoms with E-state index in [1.165, 1.54) is 5.17 Å². The molecule has 0 fully saturated rings. The standard InChI is InChI=1S/C11H13N3O/c1-9-5-4-6-10(12)11(9)15-14-8-3-2-7-13-14/h2-8,13H,12H2,1H3. The molecule has 0 amide bonds. The van der Waals surface area contributed by atoms with E-state index in [9.17, 15) is 0 Å². The summed E-state index contributed by atoms with van der Waals surface area (Å²) in [5.74, 6) is 0.671. The number of hydrogen-bond acceptors (Lipinski definition) is 4. The molecule has 0 bridgehead atoms. The Morgan fingerprint density at radius 2 is 2.20 bits per heavy atom. The van der Waals surface area contributed by atoms with Gasteiger partial charge in [0.2, 0.25) is 0 Å². The van der Waals surface area contributed by atoms with Crippen molar-refractivity contribution in [2.75, 3.05) is 5.73 Å². The lowest BCUT2D eigenvalue weighted by molar-refractivity contribution is -0.0431. The van der Waals surface area contributed by atoms with Gasteiger partial charge in [-0.25, -0.2) is 0 Å². The number of rotatable bonds is 2. The van der Waals surface area contributed by atoms with E-state index in [0.717, 1.165) is 5.56 Å². The van der Waals surface area contributed by atoms with E-state index >= 15 is 0 Å². The van der Waals surface area contributed by atoms with Gasteiger partial charge in [0.15, 0.2) is 5.75 Å². The number of hydroxylamine groups is 1. The van der Waals surface area contributed by atoms with E-state index in [4.69, 9.17) is 10.6 Å². The Balaban J connectivity index is 2.17. The molecule has 0 saturated heterocycles. The summed E-state index contributed by atoms with van der Waals surface area (Å²) in [4.78, 5) is 5.58. The molecule has 2 rings (SSSR count). The minimum Gasteiger partial charge on any atom is -0.396 e. The molecular weight excluding hydrogens is 190 g/mol. The van der Waals surface area contributed by atoms with Crippen LogP contribution in [0.25, 0.3) is 0 Å². The summed E-state index contributed by atoms with van der Waals surface area (Å²) in [6, 6.07) is 5.66. The summed E-state index contributed by atoms with van der Waals surface area (Å²) in [7, 11) is 0. The summed E-state index contributed by atoms with van der Waals surface area (Å²) in [6.45, 7) is 1.95. The van der Waals surface area contributed by atoms with Crippen molar-refractivity contribution in [2.24, 2.45) is 0 Å².